The second kappa shape index (κ2) is 9.00. The minimum atomic E-state index is -0.293. The maximum atomic E-state index is 12.4. The normalized spacial score (nSPS) is 16.5. The molecule has 1 aromatic heterocycles. The summed E-state index contributed by atoms with van der Waals surface area (Å²) in [5, 5.41) is 10.9. The summed E-state index contributed by atoms with van der Waals surface area (Å²) in [6.45, 7) is 4.42. The molecule has 1 amide bonds. The molecule has 0 spiro atoms. The Morgan fingerprint density at radius 1 is 1.09 bits per heavy atom. The quantitative estimate of drug-likeness (QED) is 0.493. The molecule has 10 nitrogen and oxygen atoms in total. The largest absolute Gasteiger partial charge is 0.378 e. The van der Waals surface area contributed by atoms with Crippen molar-refractivity contribution in [2.75, 3.05) is 47.3 Å². The molecule has 168 valence electrons. The summed E-state index contributed by atoms with van der Waals surface area (Å²) in [7, 11) is 0. The zero-order valence-corrected chi connectivity index (χ0v) is 18.6. The van der Waals surface area contributed by atoms with Gasteiger partial charge in [0, 0.05) is 29.4 Å². The number of nitrogens with zero attached hydrogens (tertiary/aromatic N) is 5. The van der Waals surface area contributed by atoms with Crippen LogP contribution in [0.1, 0.15) is 11.1 Å². The van der Waals surface area contributed by atoms with Crippen molar-refractivity contribution in [1.29, 1.82) is 0 Å². The lowest BCUT2D eigenvalue weighted by Gasteiger charge is -2.27. The van der Waals surface area contributed by atoms with E-state index in [0.29, 0.717) is 54.5 Å². The third-order valence-electron chi connectivity index (χ3n) is 5.26. The van der Waals surface area contributed by atoms with E-state index in [2.05, 4.69) is 36.1 Å². The van der Waals surface area contributed by atoms with Crippen LogP contribution >= 0.6 is 11.6 Å². The number of aromatic nitrogens is 3. The smallest absolute Gasteiger partial charge is 0.276 e. The Balaban J connectivity index is 1.46. The van der Waals surface area contributed by atoms with Gasteiger partial charge in [-0.3, -0.25) is 4.79 Å². The van der Waals surface area contributed by atoms with Crippen molar-refractivity contribution in [3.05, 3.63) is 58.6 Å². The lowest BCUT2D eigenvalue weighted by atomic mass is 10.1. The Morgan fingerprint density at radius 3 is 2.70 bits per heavy atom. The first-order valence-electron chi connectivity index (χ1n) is 10.4. The lowest BCUT2D eigenvalue weighted by Crippen LogP contribution is -2.37. The zero-order valence-electron chi connectivity index (χ0n) is 17.8. The minimum absolute atomic E-state index is 0.205. The van der Waals surface area contributed by atoms with E-state index in [-0.39, 0.29) is 17.6 Å². The van der Waals surface area contributed by atoms with Gasteiger partial charge in [-0.05, 0) is 30.7 Å². The molecule has 0 saturated carbocycles. The maximum absolute atomic E-state index is 12.4. The standard InChI is InChI=1S/C22H21ClN8O2/c1-13-6-7-14(12-16(13)23)24-20-26-21(28-22(27-20)31-8-10-33-11-9-31)30-29-18-15-4-2-3-5-17(15)25-19(18)32/h2-7,12H,8-11H2,1H3,(H,25,29,32)(H2,24,26,27,28,30). The molecule has 3 aromatic rings. The van der Waals surface area contributed by atoms with E-state index in [1.165, 1.54) is 0 Å². The average Bonchev–Trinajstić information content (AvgIpc) is 3.15. The number of rotatable bonds is 5. The molecule has 1 saturated heterocycles. The van der Waals surface area contributed by atoms with Gasteiger partial charge in [-0.2, -0.15) is 20.1 Å². The molecular formula is C22H21ClN8O2. The molecule has 2 aromatic carbocycles. The van der Waals surface area contributed by atoms with Crippen LogP contribution in [0.25, 0.3) is 0 Å². The molecule has 33 heavy (non-hydrogen) atoms. The average molecular weight is 465 g/mol. The summed E-state index contributed by atoms with van der Waals surface area (Å²) >= 11 is 6.26. The van der Waals surface area contributed by atoms with Crippen molar-refractivity contribution < 1.29 is 9.53 Å². The maximum Gasteiger partial charge on any atom is 0.276 e. The molecule has 11 heteroatoms. The van der Waals surface area contributed by atoms with Crippen molar-refractivity contribution >= 4 is 52.4 Å². The minimum Gasteiger partial charge on any atom is -0.378 e. The van der Waals surface area contributed by atoms with Gasteiger partial charge in [0.1, 0.15) is 0 Å². The predicted molar refractivity (Wildman–Crippen MR) is 128 cm³/mol. The fraction of sp³-hybridized carbons (Fsp3) is 0.227. The monoisotopic (exact) mass is 464 g/mol. The van der Waals surface area contributed by atoms with Crippen LogP contribution in [-0.2, 0) is 9.53 Å². The Labute approximate surface area is 195 Å². The van der Waals surface area contributed by atoms with Crippen molar-refractivity contribution in [3.8, 4) is 0 Å². The van der Waals surface area contributed by atoms with Gasteiger partial charge < -0.3 is 20.3 Å². The molecule has 2 aliphatic heterocycles. The van der Waals surface area contributed by atoms with Gasteiger partial charge in [-0.15, -0.1) is 0 Å². The van der Waals surface area contributed by atoms with Gasteiger partial charge in [-0.25, -0.2) is 5.43 Å². The first-order valence-corrected chi connectivity index (χ1v) is 10.8. The van der Waals surface area contributed by atoms with Crippen LogP contribution in [0.15, 0.2) is 47.6 Å². The second-order valence-corrected chi connectivity index (χ2v) is 7.95. The molecule has 0 unspecified atom stereocenters. The number of halogens is 1. The van der Waals surface area contributed by atoms with Gasteiger partial charge in [0.05, 0.1) is 18.9 Å². The van der Waals surface area contributed by atoms with Crippen LogP contribution < -0.4 is 21.0 Å². The number of ether oxygens (including phenoxy) is 1. The number of anilines is 5. The Bertz CT molecular complexity index is 1240. The number of carbonyl (C=O) groups is 1. The second-order valence-electron chi connectivity index (χ2n) is 7.54. The van der Waals surface area contributed by atoms with E-state index < -0.39 is 0 Å². The van der Waals surface area contributed by atoms with Gasteiger partial charge in [0.15, 0.2) is 5.71 Å². The summed E-state index contributed by atoms with van der Waals surface area (Å²) in [4.78, 5) is 27.9. The van der Waals surface area contributed by atoms with E-state index in [1.54, 1.807) is 0 Å². The van der Waals surface area contributed by atoms with Crippen LogP contribution in [0.5, 0.6) is 0 Å². The number of morpholine rings is 1. The number of aryl methyl sites for hydroxylation is 1. The molecule has 0 aliphatic carbocycles. The third kappa shape index (κ3) is 4.57. The van der Waals surface area contributed by atoms with Gasteiger partial charge >= 0.3 is 0 Å². The van der Waals surface area contributed by atoms with Crippen LogP contribution in [0.4, 0.5) is 29.2 Å². The van der Waals surface area contributed by atoms with E-state index in [1.807, 2.05) is 54.3 Å². The Morgan fingerprint density at radius 2 is 1.88 bits per heavy atom. The number of hydrogen-bond acceptors (Lipinski definition) is 9. The highest BCUT2D eigenvalue weighted by molar-refractivity contribution is 6.53. The number of hydrogen-bond donors (Lipinski definition) is 3. The van der Waals surface area contributed by atoms with E-state index in [9.17, 15) is 4.79 Å². The highest BCUT2D eigenvalue weighted by Crippen LogP contribution is 2.25. The van der Waals surface area contributed by atoms with Crippen LogP contribution in [0.3, 0.4) is 0 Å². The van der Waals surface area contributed by atoms with Crippen molar-refractivity contribution in [3.63, 3.8) is 0 Å². The van der Waals surface area contributed by atoms with Crippen LogP contribution in [0.2, 0.25) is 5.02 Å². The fourth-order valence-corrected chi connectivity index (χ4v) is 3.68. The molecule has 1 fully saturated rings. The molecule has 3 heterocycles. The lowest BCUT2D eigenvalue weighted by molar-refractivity contribution is -0.110. The topological polar surface area (TPSA) is 117 Å². The summed E-state index contributed by atoms with van der Waals surface area (Å²) in [5.74, 6) is 0.717. The number of nitrogens with one attached hydrogen (secondary N) is 3. The van der Waals surface area contributed by atoms with Gasteiger partial charge in [-0.1, -0.05) is 35.9 Å². The van der Waals surface area contributed by atoms with Gasteiger partial charge in [0.25, 0.3) is 5.91 Å². The van der Waals surface area contributed by atoms with Crippen molar-refractivity contribution in [2.45, 2.75) is 6.92 Å². The summed E-state index contributed by atoms with van der Waals surface area (Å²) in [5.41, 5.74) is 6.23. The number of benzene rings is 2. The summed E-state index contributed by atoms with van der Waals surface area (Å²) in [6.07, 6.45) is 0. The number of fused-ring (bicyclic) bond motifs is 1. The van der Waals surface area contributed by atoms with Crippen LogP contribution in [-0.4, -0.2) is 52.9 Å². The van der Waals surface area contributed by atoms with Crippen LogP contribution in [0, 0.1) is 6.92 Å². The number of hydrazone groups is 1. The SMILES string of the molecule is Cc1ccc(Nc2nc(N/N=C3/C(=O)Nc4ccccc43)nc(N3CCOCC3)n2)cc1Cl. The number of carbonyl (C=O) groups excluding carboxylic acids is 1. The Hall–Kier alpha value is -3.76. The predicted octanol–water partition coefficient (Wildman–Crippen LogP) is 3.18. The molecule has 5 rings (SSSR count). The Kier molecular flexibility index (Phi) is 5.76. The fourth-order valence-electron chi connectivity index (χ4n) is 3.49. The third-order valence-corrected chi connectivity index (χ3v) is 5.67. The molecule has 0 radical (unpaired) electrons. The van der Waals surface area contributed by atoms with E-state index in [0.717, 1.165) is 11.3 Å². The van der Waals surface area contributed by atoms with E-state index in [4.69, 9.17) is 16.3 Å². The van der Waals surface area contributed by atoms with Crippen molar-refractivity contribution in [2.24, 2.45) is 5.10 Å². The molecule has 3 N–H and O–H groups in total. The molecular weight excluding hydrogens is 444 g/mol. The molecule has 0 bridgehead atoms. The zero-order chi connectivity index (χ0) is 22.8. The number of amides is 1. The molecule has 0 atom stereocenters. The van der Waals surface area contributed by atoms with E-state index >= 15 is 0 Å². The first kappa shape index (κ1) is 21.1. The first-order chi connectivity index (χ1) is 16.1. The number of para-hydroxylation sites is 1. The highest BCUT2D eigenvalue weighted by atomic mass is 35.5. The summed E-state index contributed by atoms with van der Waals surface area (Å²) < 4.78 is 5.44. The molecule has 2 aliphatic rings. The van der Waals surface area contributed by atoms with Crippen molar-refractivity contribution in [1.82, 2.24) is 15.0 Å². The van der Waals surface area contributed by atoms with Gasteiger partial charge in [0.2, 0.25) is 17.8 Å². The summed E-state index contributed by atoms with van der Waals surface area (Å²) in [6, 6.07) is 13.0. The highest BCUT2D eigenvalue weighted by Gasteiger charge is 2.26.